The Morgan fingerprint density at radius 1 is 1.30 bits per heavy atom. The molecule has 0 fully saturated rings. The van der Waals surface area contributed by atoms with E-state index in [1.165, 1.54) is 12.1 Å². The van der Waals surface area contributed by atoms with Crippen molar-refractivity contribution in [2.24, 2.45) is 11.1 Å². The van der Waals surface area contributed by atoms with Crippen molar-refractivity contribution in [1.82, 2.24) is 0 Å². The molecule has 0 unspecified atom stereocenters. The SMILES string of the molecule is CC(C)(CCCOc1cccc(C(F)(F)F)c1)C(N)=O. The number of hydrogen-bond acceptors (Lipinski definition) is 2. The van der Waals surface area contributed by atoms with Gasteiger partial charge in [0.1, 0.15) is 5.75 Å². The Bertz CT molecular complexity index is 470. The molecule has 1 amide bonds. The van der Waals surface area contributed by atoms with Crippen molar-refractivity contribution in [2.45, 2.75) is 32.9 Å². The molecular weight excluding hydrogens is 271 g/mol. The van der Waals surface area contributed by atoms with Crippen LogP contribution in [0.5, 0.6) is 5.75 Å². The summed E-state index contributed by atoms with van der Waals surface area (Å²) in [7, 11) is 0. The first-order valence-corrected chi connectivity index (χ1v) is 6.23. The standard InChI is InChI=1S/C14H18F3NO2/c1-13(2,12(18)19)7-4-8-20-11-6-3-5-10(9-11)14(15,16)17/h3,5-6,9H,4,7-8H2,1-2H3,(H2,18,19). The van der Waals surface area contributed by atoms with Crippen LogP contribution in [0.15, 0.2) is 24.3 Å². The van der Waals surface area contributed by atoms with E-state index in [-0.39, 0.29) is 12.4 Å². The van der Waals surface area contributed by atoms with Gasteiger partial charge in [0.05, 0.1) is 12.2 Å². The smallest absolute Gasteiger partial charge is 0.416 e. The third-order valence-electron chi connectivity index (χ3n) is 3.04. The van der Waals surface area contributed by atoms with Gasteiger partial charge in [-0.3, -0.25) is 4.79 Å². The molecule has 0 atom stereocenters. The zero-order valence-electron chi connectivity index (χ0n) is 11.5. The highest BCUT2D eigenvalue weighted by molar-refractivity contribution is 5.79. The predicted octanol–water partition coefficient (Wildman–Crippen LogP) is 3.38. The van der Waals surface area contributed by atoms with Crippen LogP contribution in [-0.4, -0.2) is 12.5 Å². The Labute approximate surface area is 115 Å². The number of hydrogen-bond donors (Lipinski definition) is 1. The lowest BCUT2D eigenvalue weighted by atomic mass is 9.87. The summed E-state index contributed by atoms with van der Waals surface area (Å²) in [6.07, 6.45) is -3.33. The van der Waals surface area contributed by atoms with Gasteiger partial charge in [0.25, 0.3) is 0 Å². The summed E-state index contributed by atoms with van der Waals surface area (Å²) in [6.45, 7) is 3.68. The number of ether oxygens (including phenoxy) is 1. The minimum absolute atomic E-state index is 0.164. The van der Waals surface area contributed by atoms with Gasteiger partial charge in [-0.1, -0.05) is 19.9 Å². The van der Waals surface area contributed by atoms with E-state index >= 15 is 0 Å². The zero-order valence-corrected chi connectivity index (χ0v) is 11.5. The van der Waals surface area contributed by atoms with Crippen LogP contribution in [0.2, 0.25) is 0 Å². The molecule has 0 aliphatic rings. The van der Waals surface area contributed by atoms with Gasteiger partial charge in [0, 0.05) is 5.41 Å². The Balaban J connectivity index is 2.49. The number of primary amides is 1. The molecule has 1 aromatic carbocycles. The second-order valence-corrected chi connectivity index (χ2v) is 5.23. The van der Waals surface area contributed by atoms with E-state index < -0.39 is 23.1 Å². The van der Waals surface area contributed by atoms with E-state index in [0.29, 0.717) is 12.8 Å². The Hall–Kier alpha value is -1.72. The molecule has 1 rings (SSSR count). The Morgan fingerprint density at radius 2 is 1.95 bits per heavy atom. The quantitative estimate of drug-likeness (QED) is 0.816. The average molecular weight is 289 g/mol. The summed E-state index contributed by atoms with van der Waals surface area (Å²) in [5.41, 5.74) is 3.84. The molecular formula is C14H18F3NO2. The van der Waals surface area contributed by atoms with Gasteiger partial charge in [0.15, 0.2) is 0 Å². The first-order valence-electron chi connectivity index (χ1n) is 6.23. The molecule has 3 nitrogen and oxygen atoms in total. The molecule has 20 heavy (non-hydrogen) atoms. The van der Waals surface area contributed by atoms with Crippen molar-refractivity contribution >= 4 is 5.91 Å². The lowest BCUT2D eigenvalue weighted by Gasteiger charge is -2.20. The number of amides is 1. The third kappa shape index (κ3) is 4.75. The van der Waals surface area contributed by atoms with E-state index in [2.05, 4.69) is 0 Å². The van der Waals surface area contributed by atoms with Crippen molar-refractivity contribution in [3.8, 4) is 5.75 Å². The first kappa shape index (κ1) is 16.3. The van der Waals surface area contributed by atoms with Gasteiger partial charge in [-0.05, 0) is 31.0 Å². The molecule has 1 aromatic rings. The molecule has 6 heteroatoms. The highest BCUT2D eigenvalue weighted by Gasteiger charge is 2.30. The lowest BCUT2D eigenvalue weighted by Crippen LogP contribution is -2.31. The third-order valence-corrected chi connectivity index (χ3v) is 3.04. The van der Waals surface area contributed by atoms with E-state index in [0.717, 1.165) is 12.1 Å². The van der Waals surface area contributed by atoms with Crippen LogP contribution in [0.25, 0.3) is 0 Å². The van der Waals surface area contributed by atoms with Gasteiger partial charge >= 0.3 is 6.18 Å². The van der Waals surface area contributed by atoms with Gasteiger partial charge in [-0.2, -0.15) is 13.2 Å². The number of alkyl halides is 3. The Kier molecular flexibility index (Phi) is 5.03. The number of nitrogens with two attached hydrogens (primary N) is 1. The van der Waals surface area contributed by atoms with Crippen LogP contribution in [0.3, 0.4) is 0 Å². The zero-order chi connectivity index (χ0) is 15.4. The van der Waals surface area contributed by atoms with Crippen molar-refractivity contribution in [1.29, 1.82) is 0 Å². The van der Waals surface area contributed by atoms with Gasteiger partial charge < -0.3 is 10.5 Å². The van der Waals surface area contributed by atoms with Gasteiger partial charge in [-0.15, -0.1) is 0 Å². The van der Waals surface area contributed by atoms with Gasteiger partial charge in [0.2, 0.25) is 5.91 Å². The summed E-state index contributed by atoms with van der Waals surface area (Å²) in [5.74, 6) is -0.242. The van der Waals surface area contributed by atoms with Crippen LogP contribution in [0.1, 0.15) is 32.3 Å². The van der Waals surface area contributed by atoms with Crippen LogP contribution in [-0.2, 0) is 11.0 Å². The highest BCUT2D eigenvalue weighted by atomic mass is 19.4. The molecule has 2 N–H and O–H groups in total. The molecule has 112 valence electrons. The molecule has 0 aliphatic heterocycles. The maximum absolute atomic E-state index is 12.5. The summed E-state index contributed by atoms with van der Waals surface area (Å²) < 4.78 is 42.7. The average Bonchev–Trinajstić information content (AvgIpc) is 2.34. The molecule has 0 spiro atoms. The minimum Gasteiger partial charge on any atom is -0.494 e. The second-order valence-electron chi connectivity index (χ2n) is 5.23. The molecule has 0 saturated heterocycles. The summed E-state index contributed by atoms with van der Waals surface area (Å²) in [5, 5.41) is 0. The maximum atomic E-state index is 12.5. The van der Waals surface area contributed by atoms with Crippen LogP contribution >= 0.6 is 0 Å². The summed E-state index contributed by atoms with van der Waals surface area (Å²) >= 11 is 0. The predicted molar refractivity (Wildman–Crippen MR) is 69.1 cm³/mol. The molecule has 0 saturated carbocycles. The fourth-order valence-corrected chi connectivity index (χ4v) is 1.59. The molecule has 0 heterocycles. The number of benzene rings is 1. The van der Waals surface area contributed by atoms with E-state index in [1.54, 1.807) is 13.8 Å². The normalized spacial score (nSPS) is 12.2. The van der Waals surface area contributed by atoms with Crippen molar-refractivity contribution in [2.75, 3.05) is 6.61 Å². The fraction of sp³-hybridized carbons (Fsp3) is 0.500. The van der Waals surface area contributed by atoms with Crippen LogP contribution in [0, 0.1) is 5.41 Å². The number of carbonyl (C=O) groups excluding carboxylic acids is 1. The van der Waals surface area contributed by atoms with Crippen molar-refractivity contribution in [3.63, 3.8) is 0 Å². The molecule has 0 aliphatic carbocycles. The number of rotatable bonds is 6. The molecule has 0 radical (unpaired) electrons. The number of halogens is 3. The number of carbonyl (C=O) groups is 1. The van der Waals surface area contributed by atoms with Crippen LogP contribution in [0.4, 0.5) is 13.2 Å². The first-order chi connectivity index (χ1) is 9.13. The highest BCUT2D eigenvalue weighted by Crippen LogP contribution is 2.31. The lowest BCUT2D eigenvalue weighted by molar-refractivity contribution is -0.137. The molecule has 0 bridgehead atoms. The fourth-order valence-electron chi connectivity index (χ4n) is 1.59. The van der Waals surface area contributed by atoms with Crippen molar-refractivity contribution < 1.29 is 22.7 Å². The minimum atomic E-state index is -4.38. The second kappa shape index (κ2) is 6.15. The Morgan fingerprint density at radius 3 is 2.50 bits per heavy atom. The van der Waals surface area contributed by atoms with E-state index in [9.17, 15) is 18.0 Å². The summed E-state index contributed by atoms with van der Waals surface area (Å²) in [6, 6.07) is 4.71. The maximum Gasteiger partial charge on any atom is 0.416 e. The summed E-state index contributed by atoms with van der Waals surface area (Å²) in [4.78, 5) is 11.1. The van der Waals surface area contributed by atoms with Gasteiger partial charge in [-0.25, -0.2) is 0 Å². The topological polar surface area (TPSA) is 52.3 Å². The molecule has 0 aromatic heterocycles. The monoisotopic (exact) mass is 289 g/mol. The van der Waals surface area contributed by atoms with E-state index in [1.807, 2.05) is 0 Å². The largest absolute Gasteiger partial charge is 0.494 e. The van der Waals surface area contributed by atoms with E-state index in [4.69, 9.17) is 10.5 Å². The van der Waals surface area contributed by atoms with Crippen LogP contribution < -0.4 is 10.5 Å². The van der Waals surface area contributed by atoms with Crippen molar-refractivity contribution in [3.05, 3.63) is 29.8 Å².